The van der Waals surface area contributed by atoms with Gasteiger partial charge in [0.25, 0.3) is 0 Å². The summed E-state index contributed by atoms with van der Waals surface area (Å²) >= 11 is 0. The number of aromatic nitrogens is 3. The molecule has 5 rings (SSSR count). The van der Waals surface area contributed by atoms with Crippen LogP contribution < -0.4 is 5.73 Å². The number of hydrogen-bond donors (Lipinski definition) is 1. The number of halogens is 1. The minimum Gasteiger partial charge on any atom is -0.368 e. The van der Waals surface area contributed by atoms with Crippen molar-refractivity contribution in [2.75, 3.05) is 25.9 Å². The minimum absolute atomic E-state index is 0.0266. The number of piperidine rings is 1. The fourth-order valence-electron chi connectivity index (χ4n) is 5.12. The number of nitrogens with zero attached hydrogens (tertiary/aromatic N) is 5. The fraction of sp³-hybridized carbons (Fsp3) is 0.407. The summed E-state index contributed by atoms with van der Waals surface area (Å²) in [6.07, 6.45) is 4.97. The monoisotopic (exact) mass is 458 g/mol. The van der Waals surface area contributed by atoms with Crippen LogP contribution in [0.2, 0.25) is 0 Å². The molecule has 2 aromatic heterocycles. The van der Waals surface area contributed by atoms with Crippen molar-refractivity contribution < 1.29 is 4.39 Å². The maximum atomic E-state index is 15.8. The van der Waals surface area contributed by atoms with Gasteiger partial charge in [-0.1, -0.05) is 26.0 Å². The third-order valence-electron chi connectivity index (χ3n) is 7.75. The van der Waals surface area contributed by atoms with E-state index in [9.17, 15) is 0 Å². The lowest BCUT2D eigenvalue weighted by atomic mass is 9.77. The second kappa shape index (κ2) is 8.55. The normalized spacial score (nSPS) is 20.9. The molecule has 1 fully saturated rings. The molecule has 34 heavy (non-hydrogen) atoms. The van der Waals surface area contributed by atoms with Gasteiger partial charge >= 0.3 is 0 Å². The highest BCUT2D eigenvalue weighted by Crippen LogP contribution is 2.44. The van der Waals surface area contributed by atoms with Gasteiger partial charge in [0.2, 0.25) is 5.95 Å². The van der Waals surface area contributed by atoms with Crippen LogP contribution in [0.4, 0.5) is 16.0 Å². The highest BCUT2D eigenvalue weighted by atomic mass is 19.1. The highest BCUT2D eigenvalue weighted by Gasteiger charge is 2.35. The van der Waals surface area contributed by atoms with E-state index in [1.807, 2.05) is 43.5 Å². The average Bonchev–Trinajstić information content (AvgIpc) is 3.10. The number of hydrogen-bond acceptors (Lipinski definition) is 6. The first-order chi connectivity index (χ1) is 16.3. The second-order valence-corrected chi connectivity index (χ2v) is 9.76. The largest absolute Gasteiger partial charge is 0.368 e. The molecule has 2 N–H and O–H groups in total. The number of anilines is 1. The van der Waals surface area contributed by atoms with Crippen LogP contribution in [0, 0.1) is 5.82 Å². The van der Waals surface area contributed by atoms with E-state index in [0.717, 1.165) is 49.3 Å². The summed E-state index contributed by atoms with van der Waals surface area (Å²) in [5, 5.41) is 0. The molecule has 3 aromatic rings. The summed E-state index contributed by atoms with van der Waals surface area (Å²) in [7, 11) is 2.15. The van der Waals surface area contributed by atoms with E-state index >= 15 is 4.39 Å². The summed E-state index contributed by atoms with van der Waals surface area (Å²) in [6, 6.07) is 9.65. The Bertz CT molecular complexity index is 1260. The molecule has 176 valence electrons. The lowest BCUT2D eigenvalue weighted by Crippen LogP contribution is -2.29. The quantitative estimate of drug-likeness (QED) is 0.558. The van der Waals surface area contributed by atoms with Crippen LogP contribution in [-0.2, 0) is 5.41 Å². The lowest BCUT2D eigenvalue weighted by molar-refractivity contribution is 0.255. The number of nitrogens with two attached hydrogens (primary N) is 1. The van der Waals surface area contributed by atoms with E-state index in [0.29, 0.717) is 17.2 Å². The molecule has 6 nitrogen and oxygen atoms in total. The third-order valence-corrected chi connectivity index (χ3v) is 7.75. The van der Waals surface area contributed by atoms with Crippen molar-refractivity contribution in [3.63, 3.8) is 0 Å². The topological polar surface area (TPSA) is 80.3 Å². The van der Waals surface area contributed by atoms with Gasteiger partial charge in [-0.05, 0) is 81.6 Å². The van der Waals surface area contributed by atoms with Gasteiger partial charge in [0.15, 0.2) is 5.82 Å². The first-order valence-electron chi connectivity index (χ1n) is 12.0. The Morgan fingerprint density at radius 1 is 1.12 bits per heavy atom. The van der Waals surface area contributed by atoms with Gasteiger partial charge in [-0.15, -0.1) is 0 Å². The van der Waals surface area contributed by atoms with Gasteiger partial charge in [0.1, 0.15) is 11.4 Å². The molecule has 0 amide bonds. The molecule has 1 unspecified atom stereocenters. The Balaban J connectivity index is 1.50. The van der Waals surface area contributed by atoms with Crippen molar-refractivity contribution in [2.45, 2.75) is 51.4 Å². The summed E-state index contributed by atoms with van der Waals surface area (Å²) < 4.78 is 15.8. The Kier molecular flexibility index (Phi) is 5.68. The van der Waals surface area contributed by atoms with Gasteiger partial charge in [-0.3, -0.25) is 9.98 Å². The summed E-state index contributed by atoms with van der Waals surface area (Å²) in [5.41, 5.74) is 11.6. The Morgan fingerprint density at radius 3 is 2.53 bits per heavy atom. The van der Waals surface area contributed by atoms with Crippen LogP contribution in [0.15, 0.2) is 41.5 Å². The van der Waals surface area contributed by atoms with Gasteiger partial charge < -0.3 is 10.6 Å². The number of pyridine rings is 1. The Hall–Kier alpha value is -3.19. The van der Waals surface area contributed by atoms with Crippen molar-refractivity contribution in [1.82, 2.24) is 19.9 Å². The summed E-state index contributed by atoms with van der Waals surface area (Å²) in [6.45, 7) is 8.52. The first kappa shape index (κ1) is 22.6. The molecule has 0 bridgehead atoms. The van der Waals surface area contributed by atoms with Crippen molar-refractivity contribution in [2.24, 2.45) is 4.99 Å². The zero-order valence-corrected chi connectivity index (χ0v) is 20.3. The van der Waals surface area contributed by atoms with Crippen LogP contribution in [0.5, 0.6) is 0 Å². The zero-order valence-electron chi connectivity index (χ0n) is 20.3. The van der Waals surface area contributed by atoms with Crippen molar-refractivity contribution >= 4 is 17.3 Å². The summed E-state index contributed by atoms with van der Waals surface area (Å²) in [4.78, 5) is 20.1. The molecule has 0 radical (unpaired) electrons. The van der Waals surface area contributed by atoms with E-state index in [2.05, 4.69) is 40.7 Å². The van der Waals surface area contributed by atoms with E-state index in [1.54, 1.807) is 0 Å². The first-order valence-corrected chi connectivity index (χ1v) is 12.0. The molecular weight excluding hydrogens is 427 g/mol. The fourth-order valence-corrected chi connectivity index (χ4v) is 5.12. The molecule has 7 heteroatoms. The standard InChI is InChI=1S/C27H31FN6/c1-5-27(3)16(2)31-21-8-6-18(14-20(21)27)24-23(28)25(33-26(29)32-24)22-9-7-19(15-30-22)17-10-12-34(4)13-11-17/h6-9,14-15,17H,5,10-13H2,1-4H3,(H2,29,32,33). The number of likely N-dealkylation sites (tertiary alicyclic amines) is 1. The van der Waals surface area contributed by atoms with Gasteiger partial charge in [0, 0.05) is 22.9 Å². The average molecular weight is 459 g/mol. The summed E-state index contributed by atoms with van der Waals surface area (Å²) in [5.74, 6) is -0.0000939. The maximum Gasteiger partial charge on any atom is 0.221 e. The van der Waals surface area contributed by atoms with E-state index in [-0.39, 0.29) is 22.8 Å². The van der Waals surface area contributed by atoms with Crippen LogP contribution in [0.25, 0.3) is 22.6 Å². The molecule has 2 aliphatic heterocycles. The Labute approximate surface area is 200 Å². The van der Waals surface area contributed by atoms with Gasteiger partial charge in [0.05, 0.1) is 11.4 Å². The predicted molar refractivity (Wildman–Crippen MR) is 135 cm³/mol. The van der Waals surface area contributed by atoms with Crippen LogP contribution in [-0.4, -0.2) is 45.7 Å². The number of fused-ring (bicyclic) bond motifs is 1. The third kappa shape index (κ3) is 3.78. The highest BCUT2D eigenvalue weighted by molar-refractivity contribution is 6.00. The molecule has 0 spiro atoms. The smallest absolute Gasteiger partial charge is 0.221 e. The van der Waals surface area contributed by atoms with Gasteiger partial charge in [-0.2, -0.15) is 0 Å². The van der Waals surface area contributed by atoms with Gasteiger partial charge in [-0.25, -0.2) is 14.4 Å². The molecule has 1 saturated heterocycles. The second-order valence-electron chi connectivity index (χ2n) is 9.76. The van der Waals surface area contributed by atoms with E-state index in [4.69, 9.17) is 10.7 Å². The van der Waals surface area contributed by atoms with E-state index in [1.165, 1.54) is 5.56 Å². The minimum atomic E-state index is -0.512. The Morgan fingerprint density at radius 2 is 1.85 bits per heavy atom. The van der Waals surface area contributed by atoms with Crippen LogP contribution in [0.1, 0.15) is 57.1 Å². The van der Waals surface area contributed by atoms with Crippen molar-refractivity contribution in [3.05, 3.63) is 53.5 Å². The van der Waals surface area contributed by atoms with E-state index < -0.39 is 5.82 Å². The molecule has 4 heterocycles. The molecule has 1 aromatic carbocycles. The number of aliphatic imine (C=N–C) groups is 1. The number of rotatable bonds is 4. The van der Waals surface area contributed by atoms with Crippen molar-refractivity contribution in [1.29, 1.82) is 0 Å². The molecule has 0 saturated carbocycles. The SMILES string of the molecule is CCC1(C)C(C)=Nc2ccc(-c3nc(N)nc(-c4ccc(C5CCN(C)CC5)cn4)c3F)cc21. The van der Waals surface area contributed by atoms with Crippen LogP contribution >= 0.6 is 0 Å². The predicted octanol–water partition coefficient (Wildman–Crippen LogP) is 5.51. The van der Waals surface area contributed by atoms with Crippen LogP contribution in [0.3, 0.4) is 0 Å². The molecule has 2 aliphatic rings. The molecule has 1 atom stereocenters. The van der Waals surface area contributed by atoms with Crippen molar-refractivity contribution in [3.8, 4) is 22.6 Å². The number of benzene rings is 1. The zero-order chi connectivity index (χ0) is 24.0. The number of nitrogen functional groups attached to an aromatic ring is 1. The molecular formula is C27H31FN6. The molecule has 0 aliphatic carbocycles. The maximum absolute atomic E-state index is 15.8. The lowest BCUT2D eigenvalue weighted by Gasteiger charge is -2.29.